The molecule has 4 N–H and O–H groups in total. The van der Waals surface area contributed by atoms with Gasteiger partial charge in [0.25, 0.3) is 11.8 Å². The molecule has 2 rings (SSSR count). The second kappa shape index (κ2) is 16.7. The molecule has 0 unspecified atom stereocenters. The molecule has 220 valence electrons. The zero-order chi connectivity index (χ0) is 29.7. The fraction of sp³-hybridized carbons (Fsp3) is 0.516. The van der Waals surface area contributed by atoms with Crippen molar-refractivity contribution < 1.29 is 29.3 Å². The Bertz CT molecular complexity index is 1090. The number of nitrogens with zero attached hydrogens (tertiary/aromatic N) is 1. The maximum atomic E-state index is 13.5. The average Bonchev–Trinajstić information content (AvgIpc) is 2.93. The molecule has 0 heterocycles. The zero-order valence-corrected chi connectivity index (χ0v) is 24.4. The van der Waals surface area contributed by atoms with Gasteiger partial charge in [-0.1, -0.05) is 44.2 Å². The third kappa shape index (κ3) is 10.0. The minimum atomic E-state index is -1.41. The zero-order valence-electron chi connectivity index (χ0n) is 24.4. The minimum Gasteiger partial charge on any atom is -0.388 e. The van der Waals surface area contributed by atoms with E-state index >= 15 is 0 Å². The molecule has 40 heavy (non-hydrogen) atoms. The van der Waals surface area contributed by atoms with Gasteiger partial charge in [-0.25, -0.2) is 0 Å². The van der Waals surface area contributed by atoms with Gasteiger partial charge in [0.15, 0.2) is 0 Å². The number of carbonyl (C=O) groups is 3. The highest BCUT2D eigenvalue weighted by molar-refractivity contribution is 6.00. The minimum absolute atomic E-state index is 0.131. The number of nitrogens with one attached hydrogen (secondary N) is 2. The van der Waals surface area contributed by atoms with E-state index < -0.39 is 30.2 Å². The first-order valence-electron chi connectivity index (χ1n) is 14.0. The molecule has 9 nitrogen and oxygen atoms in total. The van der Waals surface area contributed by atoms with Gasteiger partial charge in [0.05, 0.1) is 12.1 Å². The van der Waals surface area contributed by atoms with Gasteiger partial charge < -0.3 is 30.5 Å². The molecule has 0 aliphatic heterocycles. The molecule has 2 aromatic carbocycles. The van der Waals surface area contributed by atoms with E-state index in [4.69, 9.17) is 4.74 Å². The van der Waals surface area contributed by atoms with Gasteiger partial charge in [0.2, 0.25) is 5.91 Å². The maximum Gasteiger partial charge on any atom is 0.253 e. The molecule has 4 atom stereocenters. The van der Waals surface area contributed by atoms with Gasteiger partial charge in [-0.05, 0) is 61.9 Å². The normalized spacial score (nSPS) is 14.1. The summed E-state index contributed by atoms with van der Waals surface area (Å²) < 4.78 is 5.11. The van der Waals surface area contributed by atoms with E-state index in [2.05, 4.69) is 10.6 Å². The molecule has 0 fully saturated rings. The van der Waals surface area contributed by atoms with Crippen molar-refractivity contribution in [2.75, 3.05) is 26.8 Å². The number of amides is 3. The van der Waals surface area contributed by atoms with Crippen LogP contribution < -0.4 is 10.6 Å². The molecule has 2 aromatic rings. The van der Waals surface area contributed by atoms with Crippen LogP contribution in [0.1, 0.15) is 71.9 Å². The lowest BCUT2D eigenvalue weighted by Gasteiger charge is -2.33. The summed E-state index contributed by atoms with van der Waals surface area (Å²) in [4.78, 5) is 40.3. The Morgan fingerprint density at radius 2 is 1.50 bits per heavy atom. The lowest BCUT2D eigenvalue weighted by atomic mass is 9.92. The first-order valence-corrected chi connectivity index (χ1v) is 14.0. The number of hydrogen-bond acceptors (Lipinski definition) is 6. The van der Waals surface area contributed by atoms with Crippen LogP contribution in [-0.4, -0.2) is 83.9 Å². The van der Waals surface area contributed by atoms with E-state index in [9.17, 15) is 24.6 Å². The first kappa shape index (κ1) is 32.9. The Kier molecular flexibility index (Phi) is 13.8. The standard InChI is InChI=1S/C31H45N3O6/c1-6-14-34(15-7-2)31(39)25-18-21(3)17-24(20-25)30(38)33-27(19-23-11-9-8-10-12-23)29(37)28(36)26(13-16-40-5)32-22(4)35/h8-12,17-18,20,26-29,36-37H,6-7,13-16,19H2,1-5H3,(H,32,35)(H,33,38)/t26-,27+,28-,29-/m1/s1. The first-order chi connectivity index (χ1) is 19.1. The summed E-state index contributed by atoms with van der Waals surface area (Å²) in [6.45, 7) is 8.71. The molecule has 0 radical (unpaired) electrons. The van der Waals surface area contributed by atoms with Crippen LogP contribution in [-0.2, 0) is 16.0 Å². The van der Waals surface area contributed by atoms with Gasteiger partial charge in [0.1, 0.15) is 12.2 Å². The third-order valence-corrected chi connectivity index (χ3v) is 6.67. The number of methoxy groups -OCH3 is 1. The fourth-order valence-corrected chi connectivity index (χ4v) is 4.76. The number of rotatable bonds is 16. The predicted molar refractivity (Wildman–Crippen MR) is 155 cm³/mol. The molecule has 9 heteroatoms. The molecule has 0 spiro atoms. The SMILES string of the molecule is CCCN(CCC)C(=O)c1cc(C)cc(C(=O)N[C@@H](Cc2ccccc2)[C@@H](O)[C@H](O)[C@@H](CCOC)NC(C)=O)c1. The number of ether oxygens (including phenoxy) is 1. The maximum absolute atomic E-state index is 13.5. The van der Waals surface area contributed by atoms with Crippen LogP contribution in [0.4, 0.5) is 0 Å². The van der Waals surface area contributed by atoms with Crippen LogP contribution in [0.25, 0.3) is 0 Å². The topological polar surface area (TPSA) is 128 Å². The van der Waals surface area contributed by atoms with E-state index in [1.807, 2.05) is 51.1 Å². The molecular formula is C31H45N3O6. The third-order valence-electron chi connectivity index (χ3n) is 6.67. The monoisotopic (exact) mass is 555 g/mol. The van der Waals surface area contributed by atoms with Crippen molar-refractivity contribution in [2.45, 2.75) is 77.7 Å². The largest absolute Gasteiger partial charge is 0.388 e. The summed E-state index contributed by atoms with van der Waals surface area (Å²) >= 11 is 0. The fourth-order valence-electron chi connectivity index (χ4n) is 4.76. The summed E-state index contributed by atoms with van der Waals surface area (Å²) in [5, 5.41) is 27.9. The second-order valence-corrected chi connectivity index (χ2v) is 10.2. The van der Waals surface area contributed by atoms with Crippen molar-refractivity contribution in [2.24, 2.45) is 0 Å². The molecule has 0 aliphatic rings. The van der Waals surface area contributed by atoms with Crippen LogP contribution >= 0.6 is 0 Å². The van der Waals surface area contributed by atoms with Crippen molar-refractivity contribution in [3.63, 3.8) is 0 Å². The second-order valence-electron chi connectivity index (χ2n) is 10.2. The van der Waals surface area contributed by atoms with E-state index in [1.165, 1.54) is 14.0 Å². The van der Waals surface area contributed by atoms with Gasteiger partial charge >= 0.3 is 0 Å². The number of carbonyl (C=O) groups excluding carboxylic acids is 3. The summed E-state index contributed by atoms with van der Waals surface area (Å²) in [5.74, 6) is -0.961. The molecule has 0 saturated heterocycles. The molecule has 0 bridgehead atoms. The van der Waals surface area contributed by atoms with E-state index in [1.54, 1.807) is 23.1 Å². The molecule has 0 aromatic heterocycles. The number of benzene rings is 2. The number of aryl methyl sites for hydroxylation is 1. The van der Waals surface area contributed by atoms with Crippen LogP contribution in [0.5, 0.6) is 0 Å². The van der Waals surface area contributed by atoms with Crippen molar-refractivity contribution in [3.05, 3.63) is 70.8 Å². The van der Waals surface area contributed by atoms with Gasteiger partial charge in [0, 0.05) is 44.9 Å². The van der Waals surface area contributed by atoms with Crippen LogP contribution in [0, 0.1) is 6.92 Å². The molecular weight excluding hydrogens is 510 g/mol. The Labute approximate surface area is 237 Å². The number of aliphatic hydroxyl groups is 2. The molecule has 0 saturated carbocycles. The van der Waals surface area contributed by atoms with Crippen LogP contribution in [0.2, 0.25) is 0 Å². The van der Waals surface area contributed by atoms with Crippen molar-refractivity contribution in [1.82, 2.24) is 15.5 Å². The summed E-state index contributed by atoms with van der Waals surface area (Å²) in [5.41, 5.74) is 2.32. The highest BCUT2D eigenvalue weighted by atomic mass is 16.5. The smallest absolute Gasteiger partial charge is 0.253 e. The predicted octanol–water partition coefficient (Wildman–Crippen LogP) is 2.86. The highest BCUT2D eigenvalue weighted by Crippen LogP contribution is 2.17. The van der Waals surface area contributed by atoms with Gasteiger partial charge in [-0.2, -0.15) is 0 Å². The van der Waals surface area contributed by atoms with Gasteiger partial charge in [-0.15, -0.1) is 0 Å². The summed E-state index contributed by atoms with van der Waals surface area (Å²) in [6, 6.07) is 12.7. The molecule has 0 aliphatic carbocycles. The number of hydrogen-bond donors (Lipinski definition) is 4. The van der Waals surface area contributed by atoms with Crippen LogP contribution in [0.15, 0.2) is 48.5 Å². The lowest BCUT2D eigenvalue weighted by molar-refractivity contribution is -0.121. The highest BCUT2D eigenvalue weighted by Gasteiger charge is 2.34. The van der Waals surface area contributed by atoms with Crippen molar-refractivity contribution in [1.29, 1.82) is 0 Å². The van der Waals surface area contributed by atoms with E-state index in [-0.39, 0.29) is 36.8 Å². The van der Waals surface area contributed by atoms with Crippen molar-refractivity contribution >= 4 is 17.7 Å². The molecule has 3 amide bonds. The lowest BCUT2D eigenvalue weighted by Crippen LogP contribution is -2.56. The van der Waals surface area contributed by atoms with Gasteiger partial charge in [-0.3, -0.25) is 14.4 Å². The Hall–Kier alpha value is -3.27. The summed E-state index contributed by atoms with van der Waals surface area (Å²) in [7, 11) is 1.51. The van der Waals surface area contributed by atoms with E-state index in [0.717, 1.165) is 24.0 Å². The van der Waals surface area contributed by atoms with Crippen molar-refractivity contribution in [3.8, 4) is 0 Å². The Morgan fingerprint density at radius 1 is 0.900 bits per heavy atom. The van der Waals surface area contributed by atoms with Crippen LogP contribution in [0.3, 0.4) is 0 Å². The Balaban J connectivity index is 2.36. The Morgan fingerprint density at radius 3 is 2.08 bits per heavy atom. The van der Waals surface area contributed by atoms with E-state index in [0.29, 0.717) is 18.7 Å². The number of aliphatic hydroxyl groups excluding tert-OH is 2. The quantitative estimate of drug-likeness (QED) is 0.252. The summed E-state index contributed by atoms with van der Waals surface area (Å²) in [6.07, 6.45) is -0.616. The average molecular weight is 556 g/mol.